The Bertz CT molecular complexity index is 1360. The van der Waals surface area contributed by atoms with Crippen molar-refractivity contribution >= 4 is 17.9 Å². The summed E-state index contributed by atoms with van der Waals surface area (Å²) in [6.07, 6.45) is 79.6. The minimum absolute atomic E-state index is 0.0974. The highest BCUT2D eigenvalue weighted by Gasteiger charge is 2.19. The molecule has 6 heteroatoms. The van der Waals surface area contributed by atoms with E-state index in [-0.39, 0.29) is 31.6 Å². The van der Waals surface area contributed by atoms with Crippen LogP contribution in [0.4, 0.5) is 0 Å². The molecule has 0 aromatic heterocycles. The van der Waals surface area contributed by atoms with Gasteiger partial charge in [0.15, 0.2) is 6.10 Å². The van der Waals surface area contributed by atoms with Crippen LogP contribution in [-0.4, -0.2) is 37.2 Å². The first kappa shape index (κ1) is 69.8. The molecule has 422 valence electrons. The van der Waals surface area contributed by atoms with Crippen LogP contribution in [0, 0.1) is 0 Å². The zero-order valence-electron chi connectivity index (χ0n) is 48.4. The maximum absolute atomic E-state index is 12.8. The lowest BCUT2D eigenvalue weighted by molar-refractivity contribution is -0.166. The van der Waals surface area contributed by atoms with Crippen LogP contribution in [0.5, 0.6) is 0 Å². The van der Waals surface area contributed by atoms with Crippen LogP contribution >= 0.6 is 0 Å². The van der Waals surface area contributed by atoms with E-state index in [1.807, 2.05) is 6.08 Å². The molecule has 0 saturated carbocycles. The fourth-order valence-electron chi connectivity index (χ4n) is 9.05. The second-order valence-corrected chi connectivity index (χ2v) is 21.0. The maximum atomic E-state index is 12.8. The van der Waals surface area contributed by atoms with Gasteiger partial charge in [0, 0.05) is 12.8 Å². The predicted octanol–water partition coefficient (Wildman–Crippen LogP) is 21.3. The Kier molecular flexibility index (Phi) is 58.7. The van der Waals surface area contributed by atoms with Crippen molar-refractivity contribution in [2.24, 2.45) is 0 Å². The van der Waals surface area contributed by atoms with Gasteiger partial charge >= 0.3 is 17.9 Å². The van der Waals surface area contributed by atoms with Gasteiger partial charge in [-0.15, -0.1) is 0 Å². The highest BCUT2D eigenvalue weighted by Crippen LogP contribution is 2.17. The molecular weight excluding hydrogens is 901 g/mol. The number of carbonyl (C=O) groups excluding carboxylic acids is 3. The molecule has 0 saturated heterocycles. The number of esters is 3. The standard InChI is InChI=1S/C67H118O6/c1-4-7-10-13-16-19-22-25-27-28-29-30-31-32-33-34-35-36-37-38-39-41-42-45-48-51-54-57-60-66(69)72-63-64(62-71-65(68)59-56-53-50-47-44-24-21-18-15-12-9-6-3)73-67(70)61-58-55-52-49-46-43-40-26-23-20-17-14-11-8-5-2/h8,11,17-18,20-21,26,40,46,49,55,58,64H,4-7,9-10,12-16,19,22-25,27-39,41-45,47-48,50-54,56-57,59-63H2,1-3H3/b11-8-,20-17-,21-18-,40-26-,49-46-,58-55-. The SMILES string of the molecule is CC/C=C\C/C=C\C/C=C\C/C=C\C/C=C\CC(=O)OC(COC(=O)CCCCCCC/C=C\CCCCC)COC(=O)CCCCCCCCCCCCCCCCCCCCCCCCCCCCCC. The number of hydrogen-bond acceptors (Lipinski definition) is 6. The van der Waals surface area contributed by atoms with Gasteiger partial charge in [-0.1, -0.05) is 299 Å². The third kappa shape index (κ3) is 59.6. The number of carbonyl (C=O) groups is 3. The summed E-state index contributed by atoms with van der Waals surface area (Å²) < 4.78 is 16.8. The van der Waals surface area contributed by atoms with Crippen LogP contribution in [0.1, 0.15) is 316 Å². The Labute approximate surface area is 453 Å². The number of rotatable bonds is 57. The normalized spacial score (nSPS) is 12.5. The van der Waals surface area contributed by atoms with E-state index in [2.05, 4.69) is 81.5 Å². The van der Waals surface area contributed by atoms with Gasteiger partial charge in [0.05, 0.1) is 6.42 Å². The molecule has 0 aromatic rings. The van der Waals surface area contributed by atoms with E-state index in [0.717, 1.165) is 83.5 Å². The van der Waals surface area contributed by atoms with Crippen molar-refractivity contribution < 1.29 is 28.6 Å². The summed E-state index contributed by atoms with van der Waals surface area (Å²) in [6, 6.07) is 0. The second kappa shape index (κ2) is 61.4. The summed E-state index contributed by atoms with van der Waals surface area (Å²) >= 11 is 0. The molecule has 73 heavy (non-hydrogen) atoms. The van der Waals surface area contributed by atoms with Gasteiger partial charge < -0.3 is 14.2 Å². The zero-order chi connectivity index (χ0) is 52.9. The summed E-state index contributed by atoms with van der Waals surface area (Å²) in [4.78, 5) is 38.1. The monoisotopic (exact) mass is 1020 g/mol. The lowest BCUT2D eigenvalue weighted by Crippen LogP contribution is -2.30. The van der Waals surface area contributed by atoms with Crippen LogP contribution in [0.3, 0.4) is 0 Å². The molecule has 0 N–H and O–H groups in total. The molecule has 0 aliphatic carbocycles. The average molecular weight is 1020 g/mol. The van der Waals surface area contributed by atoms with Crippen LogP contribution in [0.25, 0.3) is 0 Å². The average Bonchev–Trinajstić information content (AvgIpc) is 3.39. The van der Waals surface area contributed by atoms with Crippen molar-refractivity contribution in [3.63, 3.8) is 0 Å². The Hall–Kier alpha value is -3.15. The van der Waals surface area contributed by atoms with Gasteiger partial charge in [0.1, 0.15) is 13.2 Å². The Morgan fingerprint density at radius 2 is 0.575 bits per heavy atom. The number of unbranched alkanes of at least 4 members (excludes halogenated alkanes) is 35. The Morgan fingerprint density at radius 1 is 0.301 bits per heavy atom. The first-order valence-corrected chi connectivity index (χ1v) is 31.4. The second-order valence-electron chi connectivity index (χ2n) is 21.0. The Balaban J connectivity index is 4.23. The zero-order valence-corrected chi connectivity index (χ0v) is 48.4. The fraction of sp³-hybridized carbons (Fsp3) is 0.776. The molecule has 1 atom stereocenters. The molecule has 0 aromatic carbocycles. The lowest BCUT2D eigenvalue weighted by atomic mass is 10.0. The van der Waals surface area contributed by atoms with Crippen molar-refractivity contribution in [2.75, 3.05) is 13.2 Å². The number of hydrogen-bond donors (Lipinski definition) is 0. The summed E-state index contributed by atoms with van der Waals surface area (Å²) in [7, 11) is 0. The quantitative estimate of drug-likeness (QED) is 0.0261. The Morgan fingerprint density at radius 3 is 0.918 bits per heavy atom. The smallest absolute Gasteiger partial charge is 0.310 e. The lowest BCUT2D eigenvalue weighted by Gasteiger charge is -2.18. The van der Waals surface area contributed by atoms with E-state index in [9.17, 15) is 14.4 Å². The van der Waals surface area contributed by atoms with Gasteiger partial charge in [-0.25, -0.2) is 0 Å². The highest BCUT2D eigenvalue weighted by molar-refractivity contribution is 5.72. The van der Waals surface area contributed by atoms with Crippen molar-refractivity contribution in [1.82, 2.24) is 0 Å². The van der Waals surface area contributed by atoms with E-state index in [0.29, 0.717) is 12.8 Å². The molecular formula is C67H118O6. The number of allylic oxidation sites excluding steroid dienone is 11. The van der Waals surface area contributed by atoms with Crippen LogP contribution in [-0.2, 0) is 28.6 Å². The van der Waals surface area contributed by atoms with Crippen molar-refractivity contribution in [1.29, 1.82) is 0 Å². The molecule has 0 radical (unpaired) electrons. The summed E-state index contributed by atoms with van der Waals surface area (Å²) in [5.41, 5.74) is 0. The van der Waals surface area contributed by atoms with Gasteiger partial charge in [-0.3, -0.25) is 14.4 Å². The fourth-order valence-corrected chi connectivity index (χ4v) is 9.05. The molecule has 0 aliphatic heterocycles. The van der Waals surface area contributed by atoms with E-state index in [1.54, 1.807) is 6.08 Å². The van der Waals surface area contributed by atoms with Crippen LogP contribution in [0.15, 0.2) is 72.9 Å². The van der Waals surface area contributed by atoms with Gasteiger partial charge in [0.25, 0.3) is 0 Å². The molecule has 0 fully saturated rings. The molecule has 0 amide bonds. The molecule has 0 aliphatic rings. The maximum Gasteiger partial charge on any atom is 0.310 e. The van der Waals surface area contributed by atoms with Gasteiger partial charge in [-0.05, 0) is 70.6 Å². The van der Waals surface area contributed by atoms with E-state index in [1.165, 1.54) is 193 Å². The first-order chi connectivity index (χ1) is 36.0. The predicted molar refractivity (Wildman–Crippen MR) is 316 cm³/mol. The van der Waals surface area contributed by atoms with Crippen LogP contribution < -0.4 is 0 Å². The summed E-state index contributed by atoms with van der Waals surface area (Å²) in [6.45, 7) is 6.44. The van der Waals surface area contributed by atoms with E-state index >= 15 is 0 Å². The summed E-state index contributed by atoms with van der Waals surface area (Å²) in [5, 5.41) is 0. The molecule has 0 bridgehead atoms. The van der Waals surface area contributed by atoms with Crippen molar-refractivity contribution in [3.05, 3.63) is 72.9 Å². The van der Waals surface area contributed by atoms with Crippen molar-refractivity contribution in [2.45, 2.75) is 322 Å². The summed E-state index contributed by atoms with van der Waals surface area (Å²) in [5.74, 6) is -1.04. The minimum Gasteiger partial charge on any atom is -0.462 e. The molecule has 0 spiro atoms. The molecule has 6 nitrogen and oxygen atoms in total. The van der Waals surface area contributed by atoms with E-state index < -0.39 is 12.1 Å². The van der Waals surface area contributed by atoms with Gasteiger partial charge in [0.2, 0.25) is 0 Å². The van der Waals surface area contributed by atoms with Crippen LogP contribution in [0.2, 0.25) is 0 Å². The minimum atomic E-state index is -0.832. The topological polar surface area (TPSA) is 78.9 Å². The number of ether oxygens (including phenoxy) is 3. The third-order valence-corrected chi connectivity index (χ3v) is 13.7. The third-order valence-electron chi connectivity index (χ3n) is 13.7. The van der Waals surface area contributed by atoms with Crippen molar-refractivity contribution in [3.8, 4) is 0 Å². The molecule has 0 rings (SSSR count). The van der Waals surface area contributed by atoms with Gasteiger partial charge in [-0.2, -0.15) is 0 Å². The molecule has 0 heterocycles. The first-order valence-electron chi connectivity index (χ1n) is 31.4. The highest BCUT2D eigenvalue weighted by atomic mass is 16.6. The van der Waals surface area contributed by atoms with E-state index in [4.69, 9.17) is 14.2 Å². The molecule has 1 unspecified atom stereocenters. The largest absolute Gasteiger partial charge is 0.462 e.